The van der Waals surface area contributed by atoms with Gasteiger partial charge in [0.2, 0.25) is 5.91 Å². The fourth-order valence-electron chi connectivity index (χ4n) is 3.06. The molecule has 28 heavy (non-hydrogen) atoms. The van der Waals surface area contributed by atoms with Crippen molar-refractivity contribution in [3.63, 3.8) is 0 Å². The first-order valence-corrected chi connectivity index (χ1v) is 8.28. The minimum Gasteiger partial charge on any atom is -0.325 e. The second kappa shape index (κ2) is 6.99. The minimum absolute atomic E-state index is 0.383. The molecule has 0 saturated carbocycles. The lowest BCUT2D eigenvalue weighted by molar-refractivity contribution is -0.140. The van der Waals surface area contributed by atoms with Crippen LogP contribution in [0, 0.1) is 0 Å². The van der Waals surface area contributed by atoms with Crippen LogP contribution in [0.2, 0.25) is 0 Å². The van der Waals surface area contributed by atoms with Crippen molar-refractivity contribution in [1.82, 2.24) is 10.2 Å². The van der Waals surface area contributed by atoms with Gasteiger partial charge in [-0.3, -0.25) is 14.5 Å². The van der Waals surface area contributed by atoms with Crippen molar-refractivity contribution >= 4 is 23.5 Å². The van der Waals surface area contributed by atoms with Crippen LogP contribution in [0.3, 0.4) is 0 Å². The minimum atomic E-state index is -4.71. The second-order valence-corrected chi connectivity index (χ2v) is 6.40. The van der Waals surface area contributed by atoms with Crippen molar-refractivity contribution in [2.75, 3.05) is 11.9 Å². The maximum absolute atomic E-state index is 13.3. The lowest BCUT2D eigenvalue weighted by Crippen LogP contribution is -2.43. The third kappa shape index (κ3) is 3.55. The molecule has 0 radical (unpaired) electrons. The summed E-state index contributed by atoms with van der Waals surface area (Å²) in [6.07, 6.45) is -4.71. The summed E-state index contributed by atoms with van der Waals surface area (Å²) < 4.78 is 40.0. The number of halogens is 3. The Hall–Kier alpha value is -3.36. The van der Waals surface area contributed by atoms with Gasteiger partial charge < -0.3 is 10.6 Å². The molecule has 1 fully saturated rings. The van der Waals surface area contributed by atoms with Gasteiger partial charge in [-0.2, -0.15) is 13.2 Å². The maximum Gasteiger partial charge on any atom is 0.416 e. The van der Waals surface area contributed by atoms with Crippen LogP contribution in [-0.4, -0.2) is 29.3 Å². The molecule has 0 aromatic heterocycles. The highest BCUT2D eigenvalue weighted by Gasteiger charge is 2.52. The number of carbonyl (C=O) groups excluding carboxylic acids is 3. The molecule has 2 N–H and O–H groups in total. The molecular weight excluding hydrogens is 375 g/mol. The van der Waals surface area contributed by atoms with Gasteiger partial charge >= 0.3 is 12.2 Å². The maximum atomic E-state index is 13.3. The number of nitrogens with one attached hydrogen (secondary N) is 2. The van der Waals surface area contributed by atoms with Crippen LogP contribution in [0.1, 0.15) is 18.1 Å². The van der Waals surface area contributed by atoms with Crippen molar-refractivity contribution < 1.29 is 27.6 Å². The number of imide groups is 1. The first-order valence-electron chi connectivity index (χ1n) is 8.28. The van der Waals surface area contributed by atoms with Crippen molar-refractivity contribution in [2.24, 2.45) is 0 Å². The highest BCUT2D eigenvalue weighted by Crippen LogP contribution is 2.39. The van der Waals surface area contributed by atoms with Crippen LogP contribution in [0.15, 0.2) is 54.6 Å². The number of para-hydroxylation sites is 1. The number of alkyl halides is 3. The zero-order valence-electron chi connectivity index (χ0n) is 14.7. The predicted octanol–water partition coefficient (Wildman–Crippen LogP) is 3.11. The lowest BCUT2D eigenvalue weighted by Gasteiger charge is -2.25. The van der Waals surface area contributed by atoms with Gasteiger partial charge in [0.15, 0.2) is 0 Å². The van der Waals surface area contributed by atoms with E-state index in [9.17, 15) is 27.6 Å². The van der Waals surface area contributed by atoms with E-state index in [1.54, 1.807) is 30.3 Å². The Labute approximate surface area is 158 Å². The summed E-state index contributed by atoms with van der Waals surface area (Å²) >= 11 is 0. The Morgan fingerprint density at radius 1 is 1.07 bits per heavy atom. The van der Waals surface area contributed by atoms with Crippen LogP contribution < -0.4 is 10.6 Å². The Kier molecular flexibility index (Phi) is 4.84. The highest BCUT2D eigenvalue weighted by molar-refractivity contribution is 6.10. The fourth-order valence-corrected chi connectivity index (χ4v) is 3.06. The van der Waals surface area contributed by atoms with Gasteiger partial charge in [-0.1, -0.05) is 36.4 Å². The zero-order valence-corrected chi connectivity index (χ0v) is 14.7. The van der Waals surface area contributed by atoms with Crippen molar-refractivity contribution in [3.05, 3.63) is 65.7 Å². The molecule has 9 heteroatoms. The van der Waals surface area contributed by atoms with E-state index in [1.165, 1.54) is 19.1 Å². The number of anilines is 1. The van der Waals surface area contributed by atoms with Gasteiger partial charge in [0.1, 0.15) is 12.1 Å². The first-order chi connectivity index (χ1) is 13.1. The van der Waals surface area contributed by atoms with Crippen LogP contribution in [0.4, 0.5) is 23.7 Å². The normalized spacial score (nSPS) is 19.5. The molecule has 0 bridgehead atoms. The Balaban J connectivity index is 1.85. The van der Waals surface area contributed by atoms with E-state index in [2.05, 4.69) is 10.6 Å². The average molecular weight is 391 g/mol. The number of carbonyl (C=O) groups is 3. The number of nitrogens with zero attached hydrogens (tertiary/aromatic N) is 1. The van der Waals surface area contributed by atoms with E-state index < -0.39 is 41.7 Å². The molecule has 0 aliphatic carbocycles. The van der Waals surface area contributed by atoms with E-state index in [4.69, 9.17) is 0 Å². The highest BCUT2D eigenvalue weighted by atomic mass is 19.4. The topological polar surface area (TPSA) is 78.5 Å². The summed E-state index contributed by atoms with van der Waals surface area (Å²) in [6.45, 7) is 0.566. The van der Waals surface area contributed by atoms with Crippen LogP contribution >= 0.6 is 0 Å². The third-order valence-electron chi connectivity index (χ3n) is 4.41. The quantitative estimate of drug-likeness (QED) is 0.787. The molecule has 4 amide bonds. The van der Waals surface area contributed by atoms with Crippen molar-refractivity contribution in [3.8, 4) is 0 Å². The Morgan fingerprint density at radius 3 is 2.32 bits per heavy atom. The van der Waals surface area contributed by atoms with E-state index in [1.807, 2.05) is 0 Å². The number of benzene rings is 2. The summed E-state index contributed by atoms with van der Waals surface area (Å²) in [6, 6.07) is 11.9. The zero-order chi connectivity index (χ0) is 20.5. The monoisotopic (exact) mass is 391 g/mol. The van der Waals surface area contributed by atoms with Gasteiger partial charge in [-0.15, -0.1) is 0 Å². The molecule has 1 atom stereocenters. The lowest BCUT2D eigenvalue weighted by atomic mass is 9.87. The Bertz CT molecular complexity index is 931. The second-order valence-electron chi connectivity index (χ2n) is 6.40. The van der Waals surface area contributed by atoms with Gasteiger partial charge in [0.25, 0.3) is 5.91 Å². The molecule has 6 nitrogen and oxygen atoms in total. The summed E-state index contributed by atoms with van der Waals surface area (Å²) in [5.41, 5.74) is -2.88. The summed E-state index contributed by atoms with van der Waals surface area (Å²) in [5, 5.41) is 4.81. The fraction of sp³-hybridized carbons (Fsp3) is 0.211. The van der Waals surface area contributed by atoms with Crippen LogP contribution in [0.5, 0.6) is 0 Å². The molecule has 146 valence electrons. The van der Waals surface area contributed by atoms with E-state index in [-0.39, 0.29) is 5.56 Å². The molecule has 1 saturated heterocycles. The van der Waals surface area contributed by atoms with E-state index in [0.29, 0.717) is 10.6 Å². The molecule has 1 aliphatic rings. The SMILES string of the molecule is CC1(c2ccccc2C(F)(F)F)NC(=O)N(CC(=O)Nc2ccccc2)C1=O. The van der Waals surface area contributed by atoms with Gasteiger partial charge in [-0.25, -0.2) is 4.79 Å². The predicted molar refractivity (Wildman–Crippen MR) is 94.1 cm³/mol. The summed E-state index contributed by atoms with van der Waals surface area (Å²) in [5.74, 6) is -1.58. The van der Waals surface area contributed by atoms with Crippen molar-refractivity contribution in [1.29, 1.82) is 0 Å². The molecule has 0 spiro atoms. The number of hydrogen-bond acceptors (Lipinski definition) is 3. The van der Waals surface area contributed by atoms with Gasteiger partial charge in [-0.05, 0) is 30.7 Å². The average Bonchev–Trinajstić information content (AvgIpc) is 2.86. The smallest absolute Gasteiger partial charge is 0.325 e. The molecule has 3 rings (SSSR count). The van der Waals surface area contributed by atoms with E-state index >= 15 is 0 Å². The standard InChI is InChI=1S/C19H16F3N3O3/c1-18(13-9-5-6-10-14(13)19(20,21)22)16(27)25(17(28)24-18)11-15(26)23-12-7-3-2-4-8-12/h2-10H,11H2,1H3,(H,23,26)(H,24,28). The number of amides is 4. The Morgan fingerprint density at radius 2 is 1.68 bits per heavy atom. The molecule has 1 heterocycles. The molecule has 2 aromatic rings. The first kappa shape index (κ1) is 19.4. The molecule has 2 aromatic carbocycles. The number of urea groups is 1. The molecular formula is C19H16F3N3O3. The molecule has 1 unspecified atom stereocenters. The van der Waals surface area contributed by atoms with Gasteiger partial charge in [0, 0.05) is 5.69 Å². The molecule has 1 aliphatic heterocycles. The van der Waals surface area contributed by atoms with Gasteiger partial charge in [0.05, 0.1) is 5.56 Å². The van der Waals surface area contributed by atoms with Crippen LogP contribution in [0.25, 0.3) is 0 Å². The van der Waals surface area contributed by atoms with E-state index in [0.717, 1.165) is 12.1 Å². The largest absolute Gasteiger partial charge is 0.416 e. The van der Waals surface area contributed by atoms with Crippen molar-refractivity contribution in [2.45, 2.75) is 18.6 Å². The van der Waals surface area contributed by atoms with Crippen LogP contribution in [-0.2, 0) is 21.3 Å². The third-order valence-corrected chi connectivity index (χ3v) is 4.41. The number of rotatable bonds is 4. The summed E-state index contributed by atoms with van der Waals surface area (Å²) in [4.78, 5) is 37.8. The summed E-state index contributed by atoms with van der Waals surface area (Å²) in [7, 11) is 0. The number of hydrogen-bond donors (Lipinski definition) is 2.